The van der Waals surface area contributed by atoms with Crippen LogP contribution in [-0.4, -0.2) is 57.7 Å². The number of halogens is 2. The minimum absolute atomic E-state index is 0. The molecule has 1 fully saturated rings. The normalized spacial score (nSPS) is 17.4. The zero-order chi connectivity index (χ0) is 25.3. The van der Waals surface area contributed by atoms with Gasteiger partial charge in [0.25, 0.3) is 0 Å². The van der Waals surface area contributed by atoms with Crippen molar-refractivity contribution in [1.29, 1.82) is 0 Å². The van der Waals surface area contributed by atoms with Crippen molar-refractivity contribution < 1.29 is 35.7 Å². The van der Waals surface area contributed by atoms with Gasteiger partial charge >= 0.3 is 0 Å². The molecule has 1 saturated heterocycles. The van der Waals surface area contributed by atoms with E-state index in [4.69, 9.17) is 9.47 Å². The van der Waals surface area contributed by atoms with Crippen LogP contribution in [-0.2, 0) is 13.0 Å². The molecule has 7 heteroatoms. The van der Waals surface area contributed by atoms with Crippen molar-refractivity contribution in [3.05, 3.63) is 93.0 Å². The molecule has 3 aromatic rings. The highest BCUT2D eigenvalue weighted by molar-refractivity contribution is 9.10. The molecular weight excluding hydrogens is 596 g/mol. The standard InChI is InChI=1S/C30H32BrN2O3.BrH/c1-33(20-22-6-4-5-7-27(22)31)14-12-32(13-15-33)25-10-8-21(9-11-25)16-24-17-23-18-28(35-2)29(36-3)19-26(23)30(24)34;/h4-11,16,18-19H,12-15,17,20H2,1-3H3;1H/q+1;/p-1/b24-16+;. The Morgan fingerprint density at radius 1 is 0.973 bits per heavy atom. The largest absolute Gasteiger partial charge is 1.00 e. The SMILES string of the molecule is COc1cc2c(cc1OC)C(=O)/C(=C/c1ccc(N3CC[N+](C)(Cc4ccccc4Br)CC3)cc1)C2.[Br-]. The van der Waals surface area contributed by atoms with Gasteiger partial charge in [0.1, 0.15) is 6.54 Å². The minimum atomic E-state index is 0. The third-order valence-electron chi connectivity index (χ3n) is 7.46. The van der Waals surface area contributed by atoms with Crippen LogP contribution in [0.15, 0.2) is 70.7 Å². The number of anilines is 1. The van der Waals surface area contributed by atoms with Crippen LogP contribution in [0, 0.1) is 0 Å². The van der Waals surface area contributed by atoms with Gasteiger partial charge in [0.05, 0.1) is 47.4 Å². The van der Waals surface area contributed by atoms with E-state index in [-0.39, 0.29) is 22.8 Å². The van der Waals surface area contributed by atoms with E-state index in [1.165, 1.54) is 15.7 Å². The lowest BCUT2D eigenvalue weighted by atomic mass is 10.1. The van der Waals surface area contributed by atoms with E-state index in [2.05, 4.69) is 76.4 Å². The van der Waals surface area contributed by atoms with E-state index in [1.807, 2.05) is 12.1 Å². The summed E-state index contributed by atoms with van der Waals surface area (Å²) in [6.07, 6.45) is 2.61. The predicted molar refractivity (Wildman–Crippen MR) is 148 cm³/mol. The molecule has 0 unspecified atom stereocenters. The first-order valence-electron chi connectivity index (χ1n) is 12.3. The molecule has 2 aliphatic rings. The molecule has 5 rings (SSSR count). The van der Waals surface area contributed by atoms with E-state index < -0.39 is 0 Å². The third-order valence-corrected chi connectivity index (χ3v) is 8.23. The summed E-state index contributed by atoms with van der Waals surface area (Å²) in [5, 5.41) is 0. The molecule has 194 valence electrons. The van der Waals surface area contributed by atoms with Crippen LogP contribution in [0.25, 0.3) is 6.08 Å². The van der Waals surface area contributed by atoms with E-state index in [0.717, 1.165) is 53.9 Å². The zero-order valence-corrected chi connectivity index (χ0v) is 24.6. The maximum Gasteiger partial charge on any atom is 0.189 e. The lowest BCUT2D eigenvalue weighted by Gasteiger charge is -2.43. The zero-order valence-electron chi connectivity index (χ0n) is 21.5. The Hall–Kier alpha value is -2.61. The van der Waals surface area contributed by atoms with Crippen LogP contribution in [0.5, 0.6) is 11.5 Å². The molecule has 5 nitrogen and oxygen atoms in total. The molecular formula is C30H32Br2N2O3. The van der Waals surface area contributed by atoms with Crippen molar-refractivity contribution in [1.82, 2.24) is 0 Å². The average molecular weight is 628 g/mol. The van der Waals surface area contributed by atoms with Gasteiger partial charge in [0.15, 0.2) is 17.3 Å². The number of benzene rings is 3. The van der Waals surface area contributed by atoms with Crippen molar-refractivity contribution in [2.75, 3.05) is 52.3 Å². The van der Waals surface area contributed by atoms with Gasteiger partial charge < -0.3 is 35.8 Å². The molecule has 1 heterocycles. The molecule has 0 bridgehead atoms. The number of quaternary nitrogens is 1. The molecule has 0 spiro atoms. The number of carbonyl (C=O) groups excluding carboxylic acids is 1. The van der Waals surface area contributed by atoms with Crippen LogP contribution >= 0.6 is 15.9 Å². The summed E-state index contributed by atoms with van der Waals surface area (Å²) in [5.74, 6) is 1.30. The maximum atomic E-state index is 13.0. The second-order valence-electron chi connectivity index (χ2n) is 9.93. The van der Waals surface area contributed by atoms with Crippen LogP contribution in [0.3, 0.4) is 0 Å². The number of fused-ring (bicyclic) bond motifs is 1. The third kappa shape index (κ3) is 5.79. The van der Waals surface area contributed by atoms with Gasteiger partial charge in [-0.25, -0.2) is 0 Å². The van der Waals surface area contributed by atoms with Gasteiger partial charge in [-0.05, 0) is 47.5 Å². The number of piperazine rings is 1. The second kappa shape index (κ2) is 11.4. The van der Waals surface area contributed by atoms with E-state index >= 15 is 0 Å². The van der Waals surface area contributed by atoms with Crippen molar-refractivity contribution in [3.63, 3.8) is 0 Å². The number of Topliss-reactive ketones (excluding diaryl/α,β-unsaturated/α-hetero) is 1. The fraction of sp³-hybridized carbons (Fsp3) is 0.300. The number of rotatable bonds is 6. The van der Waals surface area contributed by atoms with Crippen molar-refractivity contribution in [3.8, 4) is 11.5 Å². The quantitative estimate of drug-likeness (QED) is 0.311. The van der Waals surface area contributed by atoms with E-state index in [9.17, 15) is 4.79 Å². The van der Waals surface area contributed by atoms with Gasteiger partial charge in [0, 0.05) is 33.3 Å². The molecule has 0 amide bonds. The molecule has 37 heavy (non-hydrogen) atoms. The predicted octanol–water partition coefficient (Wildman–Crippen LogP) is 2.76. The topological polar surface area (TPSA) is 38.8 Å². The fourth-order valence-corrected chi connectivity index (χ4v) is 5.65. The highest BCUT2D eigenvalue weighted by Crippen LogP contribution is 2.37. The Bertz CT molecular complexity index is 1310. The number of hydrogen-bond donors (Lipinski definition) is 0. The van der Waals surface area contributed by atoms with Gasteiger partial charge in [-0.3, -0.25) is 4.79 Å². The summed E-state index contributed by atoms with van der Waals surface area (Å²) in [7, 11) is 5.56. The van der Waals surface area contributed by atoms with Crippen LogP contribution in [0.4, 0.5) is 5.69 Å². The van der Waals surface area contributed by atoms with Gasteiger partial charge in [-0.2, -0.15) is 0 Å². The Kier molecular flexibility index (Phi) is 8.46. The maximum absolute atomic E-state index is 13.0. The van der Waals surface area contributed by atoms with Crippen molar-refractivity contribution in [2.24, 2.45) is 0 Å². The minimum Gasteiger partial charge on any atom is -1.00 e. The molecule has 0 aromatic heterocycles. The van der Waals surface area contributed by atoms with Crippen LogP contribution in [0.2, 0.25) is 0 Å². The van der Waals surface area contributed by atoms with Gasteiger partial charge in [-0.15, -0.1) is 0 Å². The molecule has 3 aromatic carbocycles. The Morgan fingerprint density at radius 2 is 1.62 bits per heavy atom. The molecule has 0 N–H and O–H groups in total. The molecule has 0 radical (unpaired) electrons. The monoisotopic (exact) mass is 626 g/mol. The van der Waals surface area contributed by atoms with Crippen LogP contribution in [0.1, 0.15) is 27.0 Å². The second-order valence-corrected chi connectivity index (χ2v) is 10.8. The number of carbonyl (C=O) groups is 1. The molecule has 1 aliphatic carbocycles. The van der Waals surface area contributed by atoms with Crippen molar-refractivity contribution in [2.45, 2.75) is 13.0 Å². The highest BCUT2D eigenvalue weighted by Gasteiger charge is 2.30. The Morgan fingerprint density at radius 3 is 2.27 bits per heavy atom. The lowest BCUT2D eigenvalue weighted by Crippen LogP contribution is -3.00. The number of ketones is 1. The summed E-state index contributed by atoms with van der Waals surface area (Å²) in [6.45, 7) is 5.30. The number of likely N-dealkylation sites (N-methyl/N-ethyl adjacent to an activating group) is 1. The number of ether oxygens (including phenoxy) is 2. The molecule has 1 aliphatic heterocycles. The average Bonchev–Trinajstić information content (AvgIpc) is 3.19. The smallest absolute Gasteiger partial charge is 0.189 e. The first kappa shape index (κ1) is 27.4. The Labute approximate surface area is 238 Å². The summed E-state index contributed by atoms with van der Waals surface area (Å²) < 4.78 is 13.0. The first-order chi connectivity index (χ1) is 17.4. The van der Waals surface area contributed by atoms with E-state index in [0.29, 0.717) is 23.5 Å². The number of methoxy groups -OCH3 is 2. The van der Waals surface area contributed by atoms with E-state index in [1.54, 1.807) is 20.3 Å². The summed E-state index contributed by atoms with van der Waals surface area (Å²) in [4.78, 5) is 15.5. The highest BCUT2D eigenvalue weighted by atomic mass is 79.9. The van der Waals surface area contributed by atoms with Crippen LogP contribution < -0.4 is 31.4 Å². The molecule has 0 atom stereocenters. The Balaban J connectivity index is 0.00000320. The van der Waals surface area contributed by atoms with Gasteiger partial charge in [0.2, 0.25) is 0 Å². The number of allylic oxidation sites excluding steroid dienone is 1. The fourth-order valence-electron chi connectivity index (χ4n) is 5.24. The number of nitrogens with zero attached hydrogens (tertiary/aromatic N) is 2. The summed E-state index contributed by atoms with van der Waals surface area (Å²) >= 11 is 3.70. The molecule has 0 saturated carbocycles. The first-order valence-corrected chi connectivity index (χ1v) is 13.1. The number of hydrogen-bond acceptors (Lipinski definition) is 4. The van der Waals surface area contributed by atoms with Crippen molar-refractivity contribution >= 4 is 33.5 Å². The summed E-state index contributed by atoms with van der Waals surface area (Å²) in [5.41, 5.74) is 6.13. The lowest BCUT2D eigenvalue weighted by molar-refractivity contribution is -0.923. The summed E-state index contributed by atoms with van der Waals surface area (Å²) in [6, 6.07) is 20.8. The van der Waals surface area contributed by atoms with Gasteiger partial charge in [-0.1, -0.05) is 46.3 Å².